The Bertz CT molecular complexity index is 837. The van der Waals surface area contributed by atoms with Crippen LogP contribution in [0, 0.1) is 0 Å². The first-order chi connectivity index (χ1) is 11.5. The van der Waals surface area contributed by atoms with Gasteiger partial charge in [0.05, 0.1) is 0 Å². The molecule has 0 aromatic heterocycles. The summed E-state index contributed by atoms with van der Waals surface area (Å²) < 4.78 is 44.1. The third-order valence-electron chi connectivity index (χ3n) is 3.45. The van der Waals surface area contributed by atoms with Crippen LogP contribution in [0.15, 0.2) is 77.7 Å². The summed E-state index contributed by atoms with van der Waals surface area (Å²) in [4.78, 5) is 0. The van der Waals surface area contributed by atoms with Crippen LogP contribution in [0.4, 0.5) is 13.2 Å². The standard InChI is InChI=1S/C18H12F3NO2/c19-18(20,21)17-11-13(14-8-4-5-9-16(14)24-17)10-15(22-23)12-6-2-1-3-7-12/h1-11,23H/b13-10+,22-15+. The lowest BCUT2D eigenvalue weighted by atomic mass is 9.98. The molecule has 2 aromatic rings. The number of para-hydroxylation sites is 1. The Morgan fingerprint density at radius 3 is 2.33 bits per heavy atom. The van der Waals surface area contributed by atoms with Crippen molar-refractivity contribution in [2.75, 3.05) is 0 Å². The summed E-state index contributed by atoms with van der Waals surface area (Å²) in [6.45, 7) is 0. The van der Waals surface area contributed by atoms with Crippen LogP contribution in [0.3, 0.4) is 0 Å². The SMILES string of the molecule is O/N=C(\C=C1/C=C(C(F)(F)F)Oc2ccccc21)c1ccccc1. The molecule has 1 aliphatic heterocycles. The van der Waals surface area contributed by atoms with E-state index in [1.807, 2.05) is 0 Å². The number of hydrogen-bond donors (Lipinski definition) is 1. The Balaban J connectivity index is 2.12. The van der Waals surface area contributed by atoms with E-state index >= 15 is 0 Å². The molecule has 0 unspecified atom stereocenters. The summed E-state index contributed by atoms with van der Waals surface area (Å²) >= 11 is 0. The lowest BCUT2D eigenvalue weighted by Gasteiger charge is -2.21. The second-order valence-corrected chi connectivity index (χ2v) is 5.06. The van der Waals surface area contributed by atoms with E-state index in [1.54, 1.807) is 48.5 Å². The highest BCUT2D eigenvalue weighted by molar-refractivity contribution is 6.13. The Kier molecular flexibility index (Phi) is 4.12. The van der Waals surface area contributed by atoms with Gasteiger partial charge in [-0.15, -0.1) is 0 Å². The summed E-state index contributed by atoms with van der Waals surface area (Å²) in [5.74, 6) is -1.01. The first-order valence-electron chi connectivity index (χ1n) is 7.04. The van der Waals surface area contributed by atoms with Gasteiger partial charge in [0.25, 0.3) is 0 Å². The van der Waals surface area contributed by atoms with Crippen LogP contribution in [-0.2, 0) is 0 Å². The molecule has 0 amide bonds. The second-order valence-electron chi connectivity index (χ2n) is 5.06. The lowest BCUT2D eigenvalue weighted by Crippen LogP contribution is -2.20. The normalized spacial score (nSPS) is 16.4. The summed E-state index contributed by atoms with van der Waals surface area (Å²) in [5.41, 5.74) is 1.47. The zero-order valence-electron chi connectivity index (χ0n) is 12.3. The van der Waals surface area contributed by atoms with Crippen LogP contribution in [0.2, 0.25) is 0 Å². The Labute approximate surface area is 136 Å². The van der Waals surface area contributed by atoms with Gasteiger partial charge < -0.3 is 9.94 Å². The van der Waals surface area contributed by atoms with E-state index in [-0.39, 0.29) is 17.0 Å². The molecule has 24 heavy (non-hydrogen) atoms. The highest BCUT2D eigenvalue weighted by atomic mass is 19.4. The highest BCUT2D eigenvalue weighted by Crippen LogP contribution is 2.39. The van der Waals surface area contributed by atoms with Gasteiger partial charge in [-0.2, -0.15) is 13.2 Å². The lowest BCUT2D eigenvalue weighted by molar-refractivity contribution is -0.116. The van der Waals surface area contributed by atoms with Crippen LogP contribution in [0.25, 0.3) is 5.57 Å². The van der Waals surface area contributed by atoms with Crippen molar-refractivity contribution in [2.24, 2.45) is 5.16 Å². The largest absolute Gasteiger partial charge is 0.451 e. The number of halogens is 3. The molecule has 0 saturated heterocycles. The van der Waals surface area contributed by atoms with Gasteiger partial charge in [0.1, 0.15) is 11.5 Å². The molecule has 2 aromatic carbocycles. The number of hydrogen-bond acceptors (Lipinski definition) is 3. The third kappa shape index (κ3) is 3.17. The molecule has 3 nitrogen and oxygen atoms in total. The minimum Gasteiger partial charge on any atom is -0.451 e. The van der Waals surface area contributed by atoms with Crippen LogP contribution in [0.5, 0.6) is 5.75 Å². The zero-order valence-corrected chi connectivity index (χ0v) is 12.3. The van der Waals surface area contributed by atoms with Gasteiger partial charge in [0.2, 0.25) is 5.76 Å². The van der Waals surface area contributed by atoms with E-state index in [0.717, 1.165) is 6.08 Å². The smallest absolute Gasteiger partial charge is 0.449 e. The molecule has 6 heteroatoms. The summed E-state index contributed by atoms with van der Waals surface area (Å²) in [6, 6.07) is 15.1. The van der Waals surface area contributed by atoms with Gasteiger partial charge in [0, 0.05) is 11.1 Å². The predicted octanol–water partition coefficient (Wildman–Crippen LogP) is 4.79. The minimum absolute atomic E-state index is 0.101. The third-order valence-corrected chi connectivity index (χ3v) is 3.45. The topological polar surface area (TPSA) is 41.8 Å². The van der Waals surface area contributed by atoms with Gasteiger partial charge in [-0.3, -0.25) is 0 Å². The number of ether oxygens (including phenoxy) is 1. The first kappa shape index (κ1) is 15.9. The summed E-state index contributed by atoms with van der Waals surface area (Å²) in [6.07, 6.45) is -2.32. The van der Waals surface area contributed by atoms with E-state index in [9.17, 15) is 18.4 Å². The van der Waals surface area contributed by atoms with Crippen molar-refractivity contribution in [3.8, 4) is 5.75 Å². The molecule has 1 N–H and O–H groups in total. The molecule has 1 heterocycles. The first-order valence-corrected chi connectivity index (χ1v) is 7.04. The quantitative estimate of drug-likeness (QED) is 0.488. The number of allylic oxidation sites excluding steroid dienone is 4. The average molecular weight is 331 g/mol. The van der Waals surface area contributed by atoms with E-state index < -0.39 is 11.9 Å². The van der Waals surface area contributed by atoms with Gasteiger partial charge in [-0.25, -0.2) is 0 Å². The molecular formula is C18H12F3NO2. The second kappa shape index (κ2) is 6.23. The van der Waals surface area contributed by atoms with Crippen LogP contribution < -0.4 is 4.74 Å². The van der Waals surface area contributed by atoms with E-state index in [2.05, 4.69) is 5.16 Å². The van der Waals surface area contributed by atoms with Gasteiger partial charge >= 0.3 is 6.18 Å². The maximum absolute atomic E-state index is 13.1. The number of alkyl halides is 3. The zero-order chi connectivity index (χ0) is 17.2. The average Bonchev–Trinajstić information content (AvgIpc) is 2.59. The molecular weight excluding hydrogens is 319 g/mol. The summed E-state index contributed by atoms with van der Waals surface area (Å²) in [5, 5.41) is 12.5. The van der Waals surface area contributed by atoms with E-state index in [1.165, 1.54) is 12.1 Å². The Morgan fingerprint density at radius 1 is 1.00 bits per heavy atom. The molecule has 0 fully saturated rings. The number of rotatable bonds is 2. The van der Waals surface area contributed by atoms with E-state index in [0.29, 0.717) is 11.1 Å². The minimum atomic E-state index is -4.62. The van der Waals surface area contributed by atoms with Crippen molar-refractivity contribution in [3.05, 3.63) is 83.6 Å². The van der Waals surface area contributed by atoms with Crippen LogP contribution in [-0.4, -0.2) is 17.1 Å². The maximum Gasteiger partial charge on any atom is 0.449 e. The maximum atomic E-state index is 13.1. The van der Waals surface area contributed by atoms with Crippen molar-refractivity contribution >= 4 is 11.3 Å². The van der Waals surface area contributed by atoms with Crippen molar-refractivity contribution in [2.45, 2.75) is 6.18 Å². The van der Waals surface area contributed by atoms with Gasteiger partial charge in [-0.1, -0.05) is 53.7 Å². The molecule has 0 spiro atoms. The fourth-order valence-corrected chi connectivity index (χ4v) is 2.35. The fraction of sp³-hybridized carbons (Fsp3) is 0.0556. The highest BCUT2D eigenvalue weighted by Gasteiger charge is 2.38. The monoisotopic (exact) mass is 331 g/mol. The van der Waals surface area contributed by atoms with Crippen LogP contribution in [0.1, 0.15) is 11.1 Å². The molecule has 1 aliphatic rings. The summed E-state index contributed by atoms with van der Waals surface area (Å²) in [7, 11) is 0. The molecule has 0 radical (unpaired) electrons. The molecule has 3 rings (SSSR count). The van der Waals surface area contributed by atoms with Gasteiger partial charge in [0.15, 0.2) is 0 Å². The molecule has 0 aliphatic carbocycles. The number of benzene rings is 2. The number of fused-ring (bicyclic) bond motifs is 1. The van der Waals surface area contributed by atoms with Crippen molar-refractivity contribution in [3.63, 3.8) is 0 Å². The number of oxime groups is 1. The molecule has 0 saturated carbocycles. The predicted molar refractivity (Wildman–Crippen MR) is 84.0 cm³/mol. The van der Waals surface area contributed by atoms with Gasteiger partial charge in [-0.05, 0) is 23.8 Å². The van der Waals surface area contributed by atoms with Crippen LogP contribution >= 0.6 is 0 Å². The van der Waals surface area contributed by atoms with Crippen molar-refractivity contribution in [1.82, 2.24) is 0 Å². The number of nitrogens with zero attached hydrogens (tertiary/aromatic N) is 1. The fourth-order valence-electron chi connectivity index (χ4n) is 2.35. The van der Waals surface area contributed by atoms with E-state index in [4.69, 9.17) is 4.74 Å². The van der Waals surface area contributed by atoms with Crippen molar-refractivity contribution < 1.29 is 23.1 Å². The van der Waals surface area contributed by atoms with Crippen molar-refractivity contribution in [1.29, 1.82) is 0 Å². The Hall–Kier alpha value is -3.02. The molecule has 0 bridgehead atoms. The Morgan fingerprint density at radius 2 is 1.67 bits per heavy atom. The molecule has 0 atom stereocenters. The molecule has 122 valence electrons.